The number of aromatic nitrogens is 3. The Morgan fingerprint density at radius 3 is 2.76 bits per heavy atom. The fraction of sp³-hybridized carbons (Fsp3) is 0.182. The normalized spacial score (nSPS) is 10.2. The molecule has 0 unspecified atom stereocenters. The molecule has 0 spiro atoms. The Morgan fingerprint density at radius 1 is 1.35 bits per heavy atom. The molecular formula is C11H11FN4O. The highest BCUT2D eigenvalue weighted by Gasteiger charge is 2.06. The minimum Gasteiger partial charge on any atom is -0.350 e. The summed E-state index contributed by atoms with van der Waals surface area (Å²) in [4.78, 5) is 11.5. The van der Waals surface area contributed by atoms with Crippen molar-refractivity contribution in [3.8, 4) is 0 Å². The lowest BCUT2D eigenvalue weighted by Crippen LogP contribution is -2.26. The van der Waals surface area contributed by atoms with Crippen molar-refractivity contribution in [3.05, 3.63) is 47.5 Å². The molecule has 0 aliphatic heterocycles. The molecule has 0 atom stereocenters. The molecule has 6 heteroatoms. The quantitative estimate of drug-likeness (QED) is 0.826. The molecular weight excluding hydrogens is 223 g/mol. The van der Waals surface area contributed by atoms with Gasteiger partial charge in [-0.2, -0.15) is 15.4 Å². The highest BCUT2D eigenvalue weighted by molar-refractivity contribution is 5.91. The van der Waals surface area contributed by atoms with E-state index < -0.39 is 0 Å². The van der Waals surface area contributed by atoms with Crippen LogP contribution in [0.25, 0.3) is 0 Å². The van der Waals surface area contributed by atoms with Crippen LogP contribution in [0.1, 0.15) is 16.1 Å². The second-order valence-corrected chi connectivity index (χ2v) is 3.49. The third-order valence-electron chi connectivity index (χ3n) is 2.26. The Morgan fingerprint density at radius 2 is 2.12 bits per heavy atom. The van der Waals surface area contributed by atoms with Crippen molar-refractivity contribution in [1.29, 1.82) is 0 Å². The zero-order valence-electron chi connectivity index (χ0n) is 8.98. The number of hydrogen-bond donors (Lipinski definition) is 2. The van der Waals surface area contributed by atoms with Gasteiger partial charge >= 0.3 is 0 Å². The van der Waals surface area contributed by atoms with Crippen LogP contribution < -0.4 is 5.32 Å². The van der Waals surface area contributed by atoms with Crippen molar-refractivity contribution in [2.75, 3.05) is 6.54 Å². The SMILES string of the molecule is O=C(NCCc1ccc(F)cc1)c1cn[nH]n1. The van der Waals surface area contributed by atoms with Crippen molar-refractivity contribution < 1.29 is 9.18 Å². The maximum Gasteiger partial charge on any atom is 0.273 e. The van der Waals surface area contributed by atoms with E-state index in [4.69, 9.17) is 0 Å². The van der Waals surface area contributed by atoms with Crippen molar-refractivity contribution >= 4 is 5.91 Å². The number of benzene rings is 1. The molecule has 0 fully saturated rings. The molecule has 1 amide bonds. The Bertz CT molecular complexity index is 481. The maximum atomic E-state index is 12.6. The van der Waals surface area contributed by atoms with Gasteiger partial charge in [0.05, 0.1) is 6.20 Å². The van der Waals surface area contributed by atoms with Gasteiger partial charge in [0.15, 0.2) is 5.69 Å². The number of amides is 1. The van der Waals surface area contributed by atoms with E-state index in [1.807, 2.05) is 0 Å². The van der Waals surface area contributed by atoms with Gasteiger partial charge in [0.25, 0.3) is 5.91 Å². The molecule has 0 aliphatic carbocycles. The topological polar surface area (TPSA) is 70.7 Å². The first-order chi connectivity index (χ1) is 8.25. The van der Waals surface area contributed by atoms with Gasteiger partial charge in [0.2, 0.25) is 0 Å². The summed E-state index contributed by atoms with van der Waals surface area (Å²) in [6.07, 6.45) is 2.00. The Labute approximate surface area is 97.0 Å². The van der Waals surface area contributed by atoms with E-state index in [9.17, 15) is 9.18 Å². The number of nitrogens with zero attached hydrogens (tertiary/aromatic N) is 2. The molecule has 0 saturated heterocycles. The van der Waals surface area contributed by atoms with E-state index in [-0.39, 0.29) is 17.4 Å². The van der Waals surface area contributed by atoms with E-state index in [2.05, 4.69) is 20.7 Å². The predicted octanol–water partition coefficient (Wildman–Crippen LogP) is 0.916. The number of halogens is 1. The molecule has 5 nitrogen and oxygen atoms in total. The number of nitrogens with one attached hydrogen (secondary N) is 2. The zero-order valence-corrected chi connectivity index (χ0v) is 8.98. The molecule has 0 aliphatic rings. The third-order valence-corrected chi connectivity index (χ3v) is 2.26. The summed E-state index contributed by atoms with van der Waals surface area (Å²) in [6.45, 7) is 0.470. The van der Waals surface area contributed by atoms with Crippen molar-refractivity contribution in [2.45, 2.75) is 6.42 Å². The summed E-state index contributed by atoms with van der Waals surface area (Å²) < 4.78 is 12.6. The number of H-pyrrole nitrogens is 1. The lowest BCUT2D eigenvalue weighted by atomic mass is 10.1. The largest absolute Gasteiger partial charge is 0.350 e. The summed E-state index contributed by atoms with van der Waals surface area (Å²) in [5.41, 5.74) is 1.22. The number of rotatable bonds is 4. The molecule has 17 heavy (non-hydrogen) atoms. The summed E-state index contributed by atoms with van der Waals surface area (Å²) in [7, 11) is 0. The van der Waals surface area contributed by atoms with Crippen LogP contribution in [0.5, 0.6) is 0 Å². The summed E-state index contributed by atoms with van der Waals surface area (Å²) in [6, 6.07) is 6.18. The van der Waals surface area contributed by atoms with E-state index in [0.717, 1.165) is 5.56 Å². The van der Waals surface area contributed by atoms with Crippen LogP contribution in [-0.4, -0.2) is 27.9 Å². The van der Waals surface area contributed by atoms with E-state index in [1.54, 1.807) is 12.1 Å². The second kappa shape index (κ2) is 5.20. The average Bonchev–Trinajstić information content (AvgIpc) is 2.85. The van der Waals surface area contributed by atoms with Crippen LogP contribution >= 0.6 is 0 Å². The molecule has 2 N–H and O–H groups in total. The zero-order chi connectivity index (χ0) is 12.1. The standard InChI is InChI=1S/C11H11FN4O/c12-9-3-1-8(2-4-9)5-6-13-11(17)10-7-14-16-15-10/h1-4,7H,5-6H2,(H,13,17)(H,14,15,16). The van der Waals surface area contributed by atoms with E-state index in [0.29, 0.717) is 13.0 Å². The molecule has 2 rings (SSSR count). The first kappa shape index (κ1) is 11.3. The molecule has 88 valence electrons. The monoisotopic (exact) mass is 234 g/mol. The summed E-state index contributed by atoms with van der Waals surface area (Å²) in [5, 5.41) is 12.3. The Balaban J connectivity index is 1.80. The number of carbonyl (C=O) groups is 1. The van der Waals surface area contributed by atoms with Crippen LogP contribution in [0.3, 0.4) is 0 Å². The minimum atomic E-state index is -0.277. The first-order valence-electron chi connectivity index (χ1n) is 5.14. The van der Waals surface area contributed by atoms with Gasteiger partial charge in [0, 0.05) is 6.54 Å². The molecule has 2 aromatic rings. The van der Waals surface area contributed by atoms with E-state index in [1.165, 1.54) is 18.3 Å². The Kier molecular flexibility index (Phi) is 3.44. The maximum absolute atomic E-state index is 12.6. The lowest BCUT2D eigenvalue weighted by molar-refractivity contribution is 0.0949. The first-order valence-corrected chi connectivity index (χ1v) is 5.14. The van der Waals surface area contributed by atoms with Crippen LogP contribution in [0.15, 0.2) is 30.5 Å². The van der Waals surface area contributed by atoms with Crippen LogP contribution in [0, 0.1) is 5.82 Å². The van der Waals surface area contributed by atoms with Gasteiger partial charge in [-0.05, 0) is 24.1 Å². The summed E-state index contributed by atoms with van der Waals surface area (Å²) in [5.74, 6) is -0.541. The molecule has 0 radical (unpaired) electrons. The Hall–Kier alpha value is -2.24. The number of aromatic amines is 1. The van der Waals surface area contributed by atoms with Gasteiger partial charge in [-0.15, -0.1) is 0 Å². The van der Waals surface area contributed by atoms with Gasteiger partial charge in [-0.1, -0.05) is 12.1 Å². The molecule has 1 heterocycles. The smallest absolute Gasteiger partial charge is 0.273 e. The third kappa shape index (κ3) is 3.10. The van der Waals surface area contributed by atoms with Crippen LogP contribution in [0.4, 0.5) is 4.39 Å². The second-order valence-electron chi connectivity index (χ2n) is 3.49. The lowest BCUT2D eigenvalue weighted by Gasteiger charge is -2.03. The fourth-order valence-electron chi connectivity index (χ4n) is 1.37. The number of hydrogen-bond acceptors (Lipinski definition) is 3. The van der Waals surface area contributed by atoms with Gasteiger partial charge in [0.1, 0.15) is 5.82 Å². The predicted molar refractivity (Wildman–Crippen MR) is 58.8 cm³/mol. The molecule has 1 aromatic carbocycles. The van der Waals surface area contributed by atoms with Crippen molar-refractivity contribution in [3.63, 3.8) is 0 Å². The van der Waals surface area contributed by atoms with Gasteiger partial charge in [-0.25, -0.2) is 4.39 Å². The summed E-state index contributed by atoms with van der Waals surface area (Å²) >= 11 is 0. The molecule has 0 bridgehead atoms. The van der Waals surface area contributed by atoms with Crippen LogP contribution in [-0.2, 0) is 6.42 Å². The average molecular weight is 234 g/mol. The van der Waals surface area contributed by atoms with Crippen molar-refractivity contribution in [2.24, 2.45) is 0 Å². The van der Waals surface area contributed by atoms with E-state index >= 15 is 0 Å². The van der Waals surface area contributed by atoms with Crippen LogP contribution in [0.2, 0.25) is 0 Å². The highest BCUT2D eigenvalue weighted by atomic mass is 19.1. The van der Waals surface area contributed by atoms with Gasteiger partial charge < -0.3 is 5.32 Å². The fourth-order valence-corrected chi connectivity index (χ4v) is 1.37. The number of carbonyl (C=O) groups excluding carboxylic acids is 1. The van der Waals surface area contributed by atoms with Crippen molar-refractivity contribution in [1.82, 2.24) is 20.7 Å². The minimum absolute atomic E-state index is 0.254. The highest BCUT2D eigenvalue weighted by Crippen LogP contribution is 2.02. The van der Waals surface area contributed by atoms with Gasteiger partial charge in [-0.3, -0.25) is 4.79 Å². The molecule has 0 saturated carbocycles. The molecule has 1 aromatic heterocycles.